The quantitative estimate of drug-likeness (QED) is 0.128. The van der Waals surface area contributed by atoms with Crippen molar-refractivity contribution in [3.05, 3.63) is 179 Å². The lowest BCUT2D eigenvalue weighted by atomic mass is 9.93. The Bertz CT molecular complexity index is 1980. The molecule has 0 aromatic heterocycles. The number of phenolic OH excluding ortho intramolecular Hbond substituents is 1. The fourth-order valence-corrected chi connectivity index (χ4v) is 5.90. The van der Waals surface area contributed by atoms with E-state index in [9.17, 15) is 10.2 Å². The van der Waals surface area contributed by atoms with Crippen LogP contribution in [0, 0.1) is 0 Å². The Hall–Kier alpha value is -5.92. The Kier molecular flexibility index (Phi) is 10.1. The second kappa shape index (κ2) is 15.5. The smallest absolute Gasteiger partial charge is 0.201 e. The van der Waals surface area contributed by atoms with Gasteiger partial charge in [0, 0.05) is 18.1 Å². The zero-order valence-corrected chi connectivity index (χ0v) is 27.5. The molecule has 7 rings (SSSR count). The number of phenols is 1. The van der Waals surface area contributed by atoms with Crippen LogP contribution in [0.5, 0.6) is 34.5 Å². The van der Waals surface area contributed by atoms with Crippen molar-refractivity contribution in [3.63, 3.8) is 0 Å². The number of rotatable bonds is 13. The zero-order chi connectivity index (χ0) is 34.1. The molecule has 6 aromatic rings. The summed E-state index contributed by atoms with van der Waals surface area (Å²) in [4.78, 5) is 0. The third-order valence-electron chi connectivity index (χ3n) is 8.53. The van der Waals surface area contributed by atoms with Crippen LogP contribution in [-0.4, -0.2) is 16.3 Å². The highest BCUT2D eigenvalue weighted by Gasteiger charge is 2.35. The minimum atomic E-state index is -0.949. The van der Waals surface area contributed by atoms with Crippen molar-refractivity contribution in [2.45, 2.75) is 45.1 Å². The topological polar surface area (TPSA) is 86.6 Å². The highest BCUT2D eigenvalue weighted by Crippen LogP contribution is 2.50. The molecule has 1 aliphatic heterocycles. The van der Waals surface area contributed by atoms with Gasteiger partial charge >= 0.3 is 0 Å². The first kappa shape index (κ1) is 32.6. The fourth-order valence-electron chi connectivity index (χ4n) is 5.90. The number of hydrogen-bond donors (Lipinski definition) is 2. The summed E-state index contributed by atoms with van der Waals surface area (Å²) < 4.78 is 31.4. The van der Waals surface area contributed by atoms with E-state index in [2.05, 4.69) is 0 Å². The molecule has 1 heterocycles. The summed E-state index contributed by atoms with van der Waals surface area (Å²) in [7, 11) is 0. The highest BCUT2D eigenvalue weighted by molar-refractivity contribution is 5.62. The average molecular weight is 667 g/mol. The molecule has 2 N–H and O–H groups in total. The van der Waals surface area contributed by atoms with Gasteiger partial charge in [0.15, 0.2) is 23.0 Å². The van der Waals surface area contributed by atoms with Crippen molar-refractivity contribution < 1.29 is 33.9 Å². The maximum atomic E-state index is 11.5. The summed E-state index contributed by atoms with van der Waals surface area (Å²) in [5.41, 5.74) is 5.21. The SMILES string of the molecule is Oc1c(OCc2ccccc2)cc2c(c1OCc1ccccc1)C[C@H](O)[C@@H](c1ccc(OCc3ccccc3)c(OCc3ccccc3)c1)O2. The molecular weight excluding hydrogens is 628 g/mol. The van der Waals surface area contributed by atoms with E-state index >= 15 is 0 Å². The van der Waals surface area contributed by atoms with Crippen LogP contribution >= 0.6 is 0 Å². The maximum absolute atomic E-state index is 11.5. The predicted octanol–water partition coefficient (Wildman–Crippen LogP) is 8.75. The largest absolute Gasteiger partial charge is 0.502 e. The lowest BCUT2D eigenvalue weighted by Gasteiger charge is -2.33. The van der Waals surface area contributed by atoms with Gasteiger partial charge in [0.05, 0.1) is 6.10 Å². The summed E-state index contributed by atoms with van der Waals surface area (Å²) in [6.45, 7) is 1.17. The Morgan fingerprint density at radius 2 is 0.980 bits per heavy atom. The lowest BCUT2D eigenvalue weighted by Crippen LogP contribution is -2.30. The highest BCUT2D eigenvalue weighted by atomic mass is 16.5. The van der Waals surface area contributed by atoms with E-state index < -0.39 is 12.2 Å². The van der Waals surface area contributed by atoms with Crippen molar-refractivity contribution in [3.8, 4) is 34.5 Å². The first-order chi connectivity index (χ1) is 24.6. The van der Waals surface area contributed by atoms with Crippen molar-refractivity contribution in [2.24, 2.45) is 0 Å². The van der Waals surface area contributed by atoms with Crippen LogP contribution in [0.4, 0.5) is 0 Å². The Morgan fingerprint density at radius 3 is 1.50 bits per heavy atom. The Morgan fingerprint density at radius 1 is 0.520 bits per heavy atom. The van der Waals surface area contributed by atoms with Gasteiger partial charge in [-0.15, -0.1) is 0 Å². The van der Waals surface area contributed by atoms with E-state index in [-0.39, 0.29) is 36.9 Å². The van der Waals surface area contributed by atoms with Crippen LogP contribution in [-0.2, 0) is 32.8 Å². The van der Waals surface area contributed by atoms with Crippen LogP contribution in [0.3, 0.4) is 0 Å². The van der Waals surface area contributed by atoms with E-state index in [0.717, 1.165) is 22.3 Å². The number of fused-ring (bicyclic) bond motifs is 1. The minimum Gasteiger partial charge on any atom is -0.502 e. The molecule has 7 nitrogen and oxygen atoms in total. The molecular formula is C43H38O7. The standard InChI is InChI=1S/C43H38O7/c44-36-24-35-38(25-40(48-28-32-17-9-3-10-18-32)41(45)43(35)49-29-33-19-11-4-12-20-33)50-42(36)34-21-22-37(46-26-30-13-5-1-6-14-30)39(23-34)47-27-31-15-7-2-8-16-31/h1-23,25,36,42,44-45H,24,26-29H2/t36-,42+/m0/s1. The number of aliphatic hydroxyl groups excluding tert-OH is 1. The molecule has 0 bridgehead atoms. The average Bonchev–Trinajstić information content (AvgIpc) is 3.17. The van der Waals surface area contributed by atoms with Crippen LogP contribution < -0.4 is 23.7 Å². The van der Waals surface area contributed by atoms with Crippen LogP contribution in [0.1, 0.15) is 39.5 Å². The number of aliphatic hydroxyl groups is 1. The number of ether oxygens (including phenoxy) is 5. The fraction of sp³-hybridized carbons (Fsp3) is 0.163. The normalized spacial score (nSPS) is 15.0. The van der Waals surface area contributed by atoms with E-state index in [1.54, 1.807) is 6.07 Å². The molecule has 252 valence electrons. The zero-order valence-electron chi connectivity index (χ0n) is 27.5. The molecule has 50 heavy (non-hydrogen) atoms. The van der Waals surface area contributed by atoms with E-state index in [1.807, 2.05) is 140 Å². The molecule has 0 saturated heterocycles. The number of benzene rings is 6. The van der Waals surface area contributed by atoms with Gasteiger partial charge in [0.25, 0.3) is 0 Å². The second-order valence-corrected chi connectivity index (χ2v) is 12.1. The molecule has 6 aromatic carbocycles. The first-order valence-corrected chi connectivity index (χ1v) is 16.6. The van der Waals surface area contributed by atoms with Crippen molar-refractivity contribution in [2.75, 3.05) is 0 Å². The lowest BCUT2D eigenvalue weighted by molar-refractivity contribution is 0.0190. The predicted molar refractivity (Wildman–Crippen MR) is 191 cm³/mol. The van der Waals surface area contributed by atoms with Crippen molar-refractivity contribution in [1.29, 1.82) is 0 Å². The van der Waals surface area contributed by atoms with Crippen molar-refractivity contribution >= 4 is 0 Å². The summed E-state index contributed by atoms with van der Waals surface area (Å²) in [6.07, 6.45) is -1.50. The van der Waals surface area contributed by atoms with E-state index in [0.29, 0.717) is 41.6 Å². The summed E-state index contributed by atoms with van der Waals surface area (Å²) in [5.74, 6) is 1.89. The van der Waals surface area contributed by atoms with Gasteiger partial charge in [-0.3, -0.25) is 0 Å². The van der Waals surface area contributed by atoms with Crippen molar-refractivity contribution in [1.82, 2.24) is 0 Å². The molecule has 0 fully saturated rings. The molecule has 1 aliphatic rings. The van der Waals surface area contributed by atoms with Crippen LogP contribution in [0.25, 0.3) is 0 Å². The van der Waals surface area contributed by atoms with Gasteiger partial charge < -0.3 is 33.9 Å². The monoisotopic (exact) mass is 666 g/mol. The van der Waals surface area contributed by atoms with Gasteiger partial charge in [-0.25, -0.2) is 0 Å². The summed E-state index contributed by atoms with van der Waals surface area (Å²) >= 11 is 0. The van der Waals surface area contributed by atoms with Gasteiger partial charge in [-0.1, -0.05) is 127 Å². The third-order valence-corrected chi connectivity index (χ3v) is 8.53. The summed E-state index contributed by atoms with van der Waals surface area (Å²) in [5, 5.41) is 23.0. The van der Waals surface area contributed by atoms with Gasteiger partial charge in [0.2, 0.25) is 5.75 Å². The molecule has 0 aliphatic carbocycles. The van der Waals surface area contributed by atoms with E-state index in [4.69, 9.17) is 23.7 Å². The molecule has 0 amide bonds. The number of aromatic hydroxyl groups is 1. The third kappa shape index (κ3) is 7.86. The Balaban J connectivity index is 1.18. The van der Waals surface area contributed by atoms with Crippen LogP contribution in [0.2, 0.25) is 0 Å². The molecule has 0 unspecified atom stereocenters. The molecule has 2 atom stereocenters. The first-order valence-electron chi connectivity index (χ1n) is 16.6. The second-order valence-electron chi connectivity index (χ2n) is 12.1. The van der Waals surface area contributed by atoms with Gasteiger partial charge in [0.1, 0.15) is 38.3 Å². The molecule has 0 saturated carbocycles. The van der Waals surface area contributed by atoms with Gasteiger partial charge in [-0.05, 0) is 39.9 Å². The van der Waals surface area contributed by atoms with Gasteiger partial charge in [-0.2, -0.15) is 0 Å². The molecule has 0 spiro atoms. The maximum Gasteiger partial charge on any atom is 0.201 e. The van der Waals surface area contributed by atoms with E-state index in [1.165, 1.54) is 0 Å². The molecule has 0 radical (unpaired) electrons. The Labute approximate surface area is 291 Å². The summed E-state index contributed by atoms with van der Waals surface area (Å²) in [6, 6.07) is 46.5. The van der Waals surface area contributed by atoms with Crippen LogP contribution in [0.15, 0.2) is 146 Å². The number of hydrogen-bond acceptors (Lipinski definition) is 7. The minimum absolute atomic E-state index is 0.138. The molecule has 7 heteroatoms.